The highest BCUT2D eigenvalue weighted by Crippen LogP contribution is 2.28. The summed E-state index contributed by atoms with van der Waals surface area (Å²) >= 11 is 0. The lowest BCUT2D eigenvalue weighted by Gasteiger charge is -2.33. The molecule has 0 radical (unpaired) electrons. The Morgan fingerprint density at radius 1 is 1.29 bits per heavy atom. The smallest absolute Gasteiger partial charge is 0.243 e. The van der Waals surface area contributed by atoms with Gasteiger partial charge in [-0.1, -0.05) is 19.3 Å². The van der Waals surface area contributed by atoms with Crippen molar-refractivity contribution in [2.24, 2.45) is 5.73 Å². The van der Waals surface area contributed by atoms with Crippen LogP contribution in [0.4, 0.5) is 4.39 Å². The molecule has 1 aliphatic carbocycles. The Kier molecular flexibility index (Phi) is 5.35. The van der Waals surface area contributed by atoms with Crippen molar-refractivity contribution in [1.82, 2.24) is 4.31 Å². The van der Waals surface area contributed by atoms with Gasteiger partial charge in [-0.2, -0.15) is 4.31 Å². The first-order valence-electron chi connectivity index (χ1n) is 7.45. The molecule has 0 heterocycles. The summed E-state index contributed by atoms with van der Waals surface area (Å²) in [4.78, 5) is 0.183. The van der Waals surface area contributed by atoms with Crippen molar-refractivity contribution in [1.29, 1.82) is 0 Å². The van der Waals surface area contributed by atoms with E-state index in [9.17, 15) is 12.8 Å². The summed E-state index contributed by atoms with van der Waals surface area (Å²) in [6.45, 7) is 2.22. The van der Waals surface area contributed by atoms with E-state index in [1.165, 1.54) is 22.5 Å². The van der Waals surface area contributed by atoms with Crippen LogP contribution in [0.25, 0.3) is 0 Å². The number of halogens is 1. The third-order valence-corrected chi connectivity index (χ3v) is 6.17. The highest BCUT2D eigenvalue weighted by molar-refractivity contribution is 7.89. The van der Waals surface area contributed by atoms with Crippen LogP contribution < -0.4 is 5.73 Å². The van der Waals surface area contributed by atoms with Crippen LogP contribution in [0.3, 0.4) is 0 Å². The average molecular weight is 314 g/mol. The van der Waals surface area contributed by atoms with E-state index in [4.69, 9.17) is 5.73 Å². The topological polar surface area (TPSA) is 63.4 Å². The lowest BCUT2D eigenvalue weighted by atomic mass is 9.95. The monoisotopic (exact) mass is 314 g/mol. The molecule has 0 unspecified atom stereocenters. The van der Waals surface area contributed by atoms with Gasteiger partial charge in [-0.15, -0.1) is 0 Å². The minimum Gasteiger partial charge on any atom is -0.329 e. The predicted octanol–water partition coefficient (Wildman–Crippen LogP) is 2.42. The molecule has 1 saturated carbocycles. The number of hydrogen-bond donors (Lipinski definition) is 1. The number of nitrogens with two attached hydrogens (primary N) is 1. The van der Waals surface area contributed by atoms with Gasteiger partial charge in [0.15, 0.2) is 0 Å². The molecule has 0 atom stereocenters. The Labute approximate surface area is 126 Å². The third-order valence-electron chi connectivity index (χ3n) is 4.06. The molecule has 1 aromatic rings. The van der Waals surface area contributed by atoms with Gasteiger partial charge in [-0.25, -0.2) is 12.8 Å². The number of nitrogens with zero attached hydrogens (tertiary/aromatic N) is 1. The van der Waals surface area contributed by atoms with Crippen LogP contribution in [-0.4, -0.2) is 31.9 Å². The summed E-state index contributed by atoms with van der Waals surface area (Å²) in [6, 6.07) is 3.82. The van der Waals surface area contributed by atoms with Gasteiger partial charge in [0, 0.05) is 19.1 Å². The fourth-order valence-electron chi connectivity index (χ4n) is 3.02. The Morgan fingerprint density at radius 3 is 2.52 bits per heavy atom. The van der Waals surface area contributed by atoms with Crippen LogP contribution in [0, 0.1) is 12.7 Å². The number of aryl methyl sites for hydroxylation is 1. The number of benzene rings is 1. The summed E-state index contributed by atoms with van der Waals surface area (Å²) in [5.41, 5.74) is 6.04. The molecular weight excluding hydrogens is 291 g/mol. The first kappa shape index (κ1) is 16.4. The van der Waals surface area contributed by atoms with E-state index >= 15 is 0 Å². The van der Waals surface area contributed by atoms with Crippen molar-refractivity contribution in [3.63, 3.8) is 0 Å². The van der Waals surface area contributed by atoms with E-state index in [-0.39, 0.29) is 17.5 Å². The number of sulfonamides is 1. The molecule has 2 rings (SSSR count). The van der Waals surface area contributed by atoms with Gasteiger partial charge in [-0.3, -0.25) is 0 Å². The van der Waals surface area contributed by atoms with E-state index in [0.29, 0.717) is 12.1 Å². The lowest BCUT2D eigenvalue weighted by molar-refractivity contribution is 0.257. The summed E-state index contributed by atoms with van der Waals surface area (Å²) in [5, 5.41) is 0. The number of hydrogen-bond acceptors (Lipinski definition) is 3. The van der Waals surface area contributed by atoms with Crippen molar-refractivity contribution in [3.05, 3.63) is 29.6 Å². The normalized spacial score (nSPS) is 17.3. The van der Waals surface area contributed by atoms with Gasteiger partial charge in [0.2, 0.25) is 10.0 Å². The zero-order valence-electron chi connectivity index (χ0n) is 12.4. The van der Waals surface area contributed by atoms with Gasteiger partial charge < -0.3 is 5.73 Å². The quantitative estimate of drug-likeness (QED) is 0.908. The lowest BCUT2D eigenvalue weighted by Crippen LogP contribution is -2.44. The van der Waals surface area contributed by atoms with Crippen molar-refractivity contribution in [2.75, 3.05) is 13.1 Å². The third kappa shape index (κ3) is 3.62. The zero-order valence-corrected chi connectivity index (χ0v) is 13.2. The standard InChI is InChI=1S/C15H23FN2O2S/c1-12-11-13(16)7-8-15(12)21(19,20)18(10-9-17)14-5-3-2-4-6-14/h7-8,11,14H,2-6,9-10,17H2,1H3. The molecule has 2 N–H and O–H groups in total. The molecule has 0 amide bonds. The second-order valence-corrected chi connectivity index (χ2v) is 7.47. The minimum atomic E-state index is -3.62. The van der Waals surface area contributed by atoms with E-state index in [0.717, 1.165) is 32.1 Å². The number of rotatable bonds is 5. The minimum absolute atomic E-state index is 0.0109. The van der Waals surface area contributed by atoms with Crippen LogP contribution in [-0.2, 0) is 10.0 Å². The maximum absolute atomic E-state index is 13.2. The van der Waals surface area contributed by atoms with Crippen molar-refractivity contribution in [3.8, 4) is 0 Å². The van der Waals surface area contributed by atoms with Crippen molar-refractivity contribution in [2.45, 2.75) is 50.0 Å². The second-order valence-electron chi connectivity index (χ2n) is 5.61. The molecule has 1 aromatic carbocycles. The molecular formula is C15H23FN2O2S. The maximum atomic E-state index is 13.2. The highest BCUT2D eigenvalue weighted by Gasteiger charge is 2.32. The molecule has 6 heteroatoms. The fraction of sp³-hybridized carbons (Fsp3) is 0.600. The van der Waals surface area contributed by atoms with Crippen LogP contribution in [0.2, 0.25) is 0 Å². The maximum Gasteiger partial charge on any atom is 0.243 e. The summed E-state index contributed by atoms with van der Waals surface area (Å²) in [6.07, 6.45) is 4.99. The van der Waals surface area contributed by atoms with E-state index < -0.39 is 15.8 Å². The average Bonchev–Trinajstić information content (AvgIpc) is 2.45. The Hall–Kier alpha value is -0.980. The van der Waals surface area contributed by atoms with E-state index in [2.05, 4.69) is 0 Å². The van der Waals surface area contributed by atoms with E-state index in [1.807, 2.05) is 0 Å². The Morgan fingerprint density at radius 2 is 1.95 bits per heavy atom. The molecule has 1 fully saturated rings. The molecule has 0 aromatic heterocycles. The summed E-state index contributed by atoms with van der Waals surface area (Å²) in [5.74, 6) is -0.422. The van der Waals surface area contributed by atoms with Gasteiger partial charge in [0.1, 0.15) is 5.82 Å². The van der Waals surface area contributed by atoms with Crippen LogP contribution >= 0.6 is 0 Å². The zero-order chi connectivity index (χ0) is 15.5. The molecule has 118 valence electrons. The second kappa shape index (κ2) is 6.85. The van der Waals surface area contributed by atoms with Gasteiger partial charge in [-0.05, 0) is 43.5 Å². The highest BCUT2D eigenvalue weighted by atomic mass is 32.2. The molecule has 0 bridgehead atoms. The van der Waals surface area contributed by atoms with Gasteiger partial charge in [0.05, 0.1) is 4.90 Å². The first-order valence-corrected chi connectivity index (χ1v) is 8.89. The van der Waals surface area contributed by atoms with Crippen LogP contribution in [0.1, 0.15) is 37.7 Å². The van der Waals surface area contributed by atoms with Crippen molar-refractivity contribution < 1.29 is 12.8 Å². The first-order chi connectivity index (χ1) is 9.96. The fourth-order valence-corrected chi connectivity index (χ4v) is 4.93. The largest absolute Gasteiger partial charge is 0.329 e. The summed E-state index contributed by atoms with van der Waals surface area (Å²) < 4.78 is 40.5. The molecule has 0 spiro atoms. The Balaban J connectivity index is 2.36. The molecule has 21 heavy (non-hydrogen) atoms. The predicted molar refractivity (Wildman–Crippen MR) is 81.0 cm³/mol. The molecule has 4 nitrogen and oxygen atoms in total. The van der Waals surface area contributed by atoms with Gasteiger partial charge in [0.25, 0.3) is 0 Å². The Bertz CT molecular complexity index is 583. The van der Waals surface area contributed by atoms with Crippen LogP contribution in [0.5, 0.6) is 0 Å². The van der Waals surface area contributed by atoms with E-state index in [1.54, 1.807) is 6.92 Å². The van der Waals surface area contributed by atoms with Crippen LogP contribution in [0.15, 0.2) is 23.1 Å². The molecule has 0 saturated heterocycles. The SMILES string of the molecule is Cc1cc(F)ccc1S(=O)(=O)N(CCN)C1CCCCC1. The summed E-state index contributed by atoms with van der Waals surface area (Å²) in [7, 11) is -3.62. The molecule has 0 aliphatic heterocycles. The van der Waals surface area contributed by atoms with Crippen molar-refractivity contribution >= 4 is 10.0 Å². The molecule has 1 aliphatic rings. The van der Waals surface area contributed by atoms with Gasteiger partial charge >= 0.3 is 0 Å².